The van der Waals surface area contributed by atoms with Gasteiger partial charge in [0.15, 0.2) is 0 Å². The smallest absolute Gasteiger partial charge is 0.258 e. The highest BCUT2D eigenvalue weighted by atomic mass is 35.5. The summed E-state index contributed by atoms with van der Waals surface area (Å²) in [5.41, 5.74) is 1.84. The average Bonchev–Trinajstić information content (AvgIpc) is 2.74. The zero-order chi connectivity index (χ0) is 22.2. The summed E-state index contributed by atoms with van der Waals surface area (Å²) in [4.78, 5) is 24.8. The van der Waals surface area contributed by atoms with Crippen LogP contribution in [0.15, 0.2) is 66.7 Å². The zero-order valence-electron chi connectivity index (χ0n) is 17.0. The van der Waals surface area contributed by atoms with Gasteiger partial charge in [-0.05, 0) is 54.8 Å². The SMILES string of the molecule is COc1ccc(NC(=O)CCCc2ccccc2)cc1NC(=O)c1ccc(Cl)cc1F. The topological polar surface area (TPSA) is 67.4 Å². The Kier molecular flexibility index (Phi) is 7.62. The number of methoxy groups -OCH3 is 1. The van der Waals surface area contributed by atoms with Crippen molar-refractivity contribution >= 4 is 34.8 Å². The summed E-state index contributed by atoms with van der Waals surface area (Å²) < 4.78 is 19.3. The van der Waals surface area contributed by atoms with Gasteiger partial charge in [-0.1, -0.05) is 41.9 Å². The van der Waals surface area contributed by atoms with Crippen molar-refractivity contribution in [1.29, 1.82) is 0 Å². The third-order valence-electron chi connectivity index (χ3n) is 4.62. The second kappa shape index (κ2) is 10.6. The molecule has 0 spiro atoms. The fourth-order valence-corrected chi connectivity index (χ4v) is 3.23. The number of anilines is 2. The number of nitrogens with one attached hydrogen (secondary N) is 2. The molecule has 0 heterocycles. The van der Waals surface area contributed by atoms with Gasteiger partial charge in [-0.25, -0.2) is 4.39 Å². The highest BCUT2D eigenvalue weighted by Crippen LogP contribution is 2.29. The highest BCUT2D eigenvalue weighted by molar-refractivity contribution is 6.30. The van der Waals surface area contributed by atoms with Crippen molar-refractivity contribution in [3.63, 3.8) is 0 Å². The van der Waals surface area contributed by atoms with Crippen LogP contribution in [0.25, 0.3) is 0 Å². The molecule has 0 aliphatic carbocycles. The Bertz CT molecular complexity index is 1070. The lowest BCUT2D eigenvalue weighted by Crippen LogP contribution is -2.15. The molecule has 31 heavy (non-hydrogen) atoms. The highest BCUT2D eigenvalue weighted by Gasteiger charge is 2.15. The monoisotopic (exact) mass is 440 g/mol. The minimum atomic E-state index is -0.730. The normalized spacial score (nSPS) is 10.4. The molecule has 3 rings (SSSR count). The predicted octanol–water partition coefficient (Wildman–Crippen LogP) is 5.70. The first kappa shape index (κ1) is 22.3. The average molecular weight is 441 g/mol. The number of halogens is 2. The Hall–Kier alpha value is -3.38. The molecule has 0 aliphatic heterocycles. The first-order valence-corrected chi connectivity index (χ1v) is 10.1. The molecule has 2 N–H and O–H groups in total. The first-order chi connectivity index (χ1) is 15.0. The number of rotatable bonds is 8. The van der Waals surface area contributed by atoms with Crippen LogP contribution < -0.4 is 15.4 Å². The predicted molar refractivity (Wildman–Crippen MR) is 120 cm³/mol. The summed E-state index contributed by atoms with van der Waals surface area (Å²) in [5, 5.41) is 5.63. The van der Waals surface area contributed by atoms with Crippen LogP contribution in [-0.4, -0.2) is 18.9 Å². The number of amides is 2. The lowest BCUT2D eigenvalue weighted by molar-refractivity contribution is -0.116. The number of hydrogen-bond donors (Lipinski definition) is 2. The van der Waals surface area contributed by atoms with Crippen molar-refractivity contribution in [2.45, 2.75) is 19.3 Å². The van der Waals surface area contributed by atoms with Crippen molar-refractivity contribution in [2.24, 2.45) is 0 Å². The molecule has 0 radical (unpaired) electrons. The third kappa shape index (κ3) is 6.30. The molecule has 7 heteroatoms. The maximum atomic E-state index is 14.0. The first-order valence-electron chi connectivity index (χ1n) is 9.74. The summed E-state index contributed by atoms with van der Waals surface area (Å²) in [6.07, 6.45) is 1.88. The molecule has 0 atom stereocenters. The van der Waals surface area contributed by atoms with Crippen molar-refractivity contribution in [3.8, 4) is 5.75 Å². The summed E-state index contributed by atoms with van der Waals surface area (Å²) in [7, 11) is 1.45. The lowest BCUT2D eigenvalue weighted by atomic mass is 10.1. The Balaban J connectivity index is 1.64. The van der Waals surface area contributed by atoms with E-state index in [1.807, 2.05) is 30.3 Å². The number of ether oxygens (including phenoxy) is 1. The number of carbonyl (C=O) groups excluding carboxylic acids is 2. The van der Waals surface area contributed by atoms with Crippen LogP contribution in [-0.2, 0) is 11.2 Å². The van der Waals surface area contributed by atoms with Crippen molar-refractivity contribution in [3.05, 3.63) is 88.7 Å². The number of carbonyl (C=O) groups is 2. The van der Waals surface area contributed by atoms with E-state index in [0.717, 1.165) is 12.5 Å². The van der Waals surface area contributed by atoms with Gasteiger partial charge in [-0.2, -0.15) is 0 Å². The van der Waals surface area contributed by atoms with Gasteiger partial charge < -0.3 is 15.4 Å². The van der Waals surface area contributed by atoms with Gasteiger partial charge in [0.1, 0.15) is 11.6 Å². The summed E-state index contributed by atoms with van der Waals surface area (Å²) in [6, 6.07) is 18.6. The number of benzene rings is 3. The Morgan fingerprint density at radius 2 is 1.77 bits per heavy atom. The molecule has 3 aromatic rings. The van der Waals surface area contributed by atoms with Crippen LogP contribution in [0, 0.1) is 5.82 Å². The standard InChI is InChI=1S/C24H22ClFN2O3/c1-31-22-13-11-18(27-23(29)9-5-8-16-6-3-2-4-7-16)15-21(22)28-24(30)19-12-10-17(25)14-20(19)26/h2-4,6-7,10-15H,5,8-9H2,1H3,(H,27,29)(H,28,30). The molecule has 160 valence electrons. The van der Waals surface area contributed by atoms with Crippen LogP contribution in [0.3, 0.4) is 0 Å². The summed E-state index contributed by atoms with van der Waals surface area (Å²) >= 11 is 5.74. The van der Waals surface area contributed by atoms with Gasteiger partial charge in [-0.15, -0.1) is 0 Å². The molecule has 0 aliphatic rings. The maximum absolute atomic E-state index is 14.0. The van der Waals surface area contributed by atoms with E-state index in [2.05, 4.69) is 10.6 Å². The fourth-order valence-electron chi connectivity index (χ4n) is 3.07. The zero-order valence-corrected chi connectivity index (χ0v) is 17.7. The van der Waals surface area contributed by atoms with E-state index < -0.39 is 11.7 Å². The molecular formula is C24H22ClFN2O3. The van der Waals surface area contributed by atoms with Gasteiger partial charge >= 0.3 is 0 Å². The molecule has 5 nitrogen and oxygen atoms in total. The summed E-state index contributed by atoms with van der Waals surface area (Å²) in [6.45, 7) is 0. The molecule has 0 saturated heterocycles. The molecular weight excluding hydrogens is 419 g/mol. The quantitative estimate of drug-likeness (QED) is 0.472. The summed E-state index contributed by atoms with van der Waals surface area (Å²) in [5.74, 6) is -1.14. The van der Waals surface area contributed by atoms with Gasteiger partial charge in [0.05, 0.1) is 18.4 Å². The van der Waals surface area contributed by atoms with E-state index in [1.165, 1.54) is 24.8 Å². The minimum Gasteiger partial charge on any atom is -0.495 e. The van der Waals surface area contributed by atoms with Crippen molar-refractivity contribution < 1.29 is 18.7 Å². The Morgan fingerprint density at radius 3 is 2.48 bits per heavy atom. The van der Waals surface area contributed by atoms with Crippen LogP contribution in [0.1, 0.15) is 28.8 Å². The maximum Gasteiger partial charge on any atom is 0.258 e. The van der Waals surface area contributed by atoms with E-state index in [4.69, 9.17) is 16.3 Å². The van der Waals surface area contributed by atoms with E-state index in [9.17, 15) is 14.0 Å². The third-order valence-corrected chi connectivity index (χ3v) is 4.85. The van der Waals surface area contributed by atoms with E-state index in [1.54, 1.807) is 18.2 Å². The van der Waals surface area contributed by atoms with E-state index in [0.29, 0.717) is 30.0 Å². The largest absolute Gasteiger partial charge is 0.495 e. The molecule has 0 fully saturated rings. The number of hydrogen-bond acceptors (Lipinski definition) is 3. The van der Waals surface area contributed by atoms with E-state index in [-0.39, 0.29) is 16.5 Å². The molecule has 0 aromatic heterocycles. The second-order valence-electron chi connectivity index (χ2n) is 6.88. The van der Waals surface area contributed by atoms with Crippen molar-refractivity contribution in [1.82, 2.24) is 0 Å². The molecule has 3 aromatic carbocycles. The Morgan fingerprint density at radius 1 is 1.00 bits per heavy atom. The minimum absolute atomic E-state index is 0.137. The molecule has 0 saturated carbocycles. The van der Waals surface area contributed by atoms with Crippen LogP contribution in [0.4, 0.5) is 15.8 Å². The van der Waals surface area contributed by atoms with Crippen LogP contribution in [0.2, 0.25) is 5.02 Å². The van der Waals surface area contributed by atoms with Gasteiger partial charge in [0, 0.05) is 17.1 Å². The van der Waals surface area contributed by atoms with E-state index >= 15 is 0 Å². The molecule has 0 unspecified atom stereocenters. The van der Waals surface area contributed by atoms with Crippen molar-refractivity contribution in [2.75, 3.05) is 17.7 Å². The number of aryl methyl sites for hydroxylation is 1. The molecule has 0 bridgehead atoms. The van der Waals surface area contributed by atoms with Gasteiger partial charge in [0.2, 0.25) is 5.91 Å². The van der Waals surface area contributed by atoms with Gasteiger partial charge in [0.25, 0.3) is 5.91 Å². The van der Waals surface area contributed by atoms with Gasteiger partial charge in [-0.3, -0.25) is 9.59 Å². The lowest BCUT2D eigenvalue weighted by Gasteiger charge is -2.13. The second-order valence-corrected chi connectivity index (χ2v) is 7.32. The van der Waals surface area contributed by atoms with Crippen LogP contribution >= 0.6 is 11.6 Å². The molecule has 2 amide bonds. The Labute approximate surface area is 185 Å². The fraction of sp³-hybridized carbons (Fsp3) is 0.167. The van der Waals surface area contributed by atoms with Crippen LogP contribution in [0.5, 0.6) is 5.75 Å².